The minimum atomic E-state index is -6.31. The van der Waals surface area contributed by atoms with Gasteiger partial charge in [-0.1, -0.05) is 0 Å². The van der Waals surface area contributed by atoms with Crippen LogP contribution in [0.15, 0.2) is 0 Å². The predicted octanol–water partition coefficient (Wildman–Crippen LogP) is 2.23. The zero-order valence-electron chi connectivity index (χ0n) is 7.66. The van der Waals surface area contributed by atoms with E-state index in [-0.39, 0.29) is 6.61 Å². The molecule has 1 heterocycles. The third-order valence-electron chi connectivity index (χ3n) is 1.80. The van der Waals surface area contributed by atoms with E-state index < -0.39 is 37.3 Å². The van der Waals surface area contributed by atoms with Crippen LogP contribution in [0.5, 0.6) is 0 Å². The summed E-state index contributed by atoms with van der Waals surface area (Å²) in [5.74, 6) is -11.4. The average molecular weight is 256 g/mol. The van der Waals surface area contributed by atoms with Gasteiger partial charge in [0.25, 0.3) is 0 Å². The molecule has 0 radical (unpaired) electrons. The van der Waals surface area contributed by atoms with Crippen LogP contribution in [0.4, 0.5) is 30.7 Å². The standard InChI is InChI=1S/C7H7F7O2/c8-5(9,3-15-1-4-2-16-4)6(10,11)7(12,13)14/h4H,1-3H2. The van der Waals surface area contributed by atoms with Crippen molar-refractivity contribution in [1.29, 1.82) is 0 Å². The number of ether oxygens (including phenoxy) is 2. The van der Waals surface area contributed by atoms with Gasteiger partial charge >= 0.3 is 18.0 Å². The van der Waals surface area contributed by atoms with E-state index in [2.05, 4.69) is 9.47 Å². The maximum Gasteiger partial charge on any atom is 0.459 e. The van der Waals surface area contributed by atoms with Gasteiger partial charge in [-0.25, -0.2) is 0 Å². The van der Waals surface area contributed by atoms with E-state index in [1.165, 1.54) is 0 Å². The monoisotopic (exact) mass is 256 g/mol. The van der Waals surface area contributed by atoms with E-state index in [0.29, 0.717) is 0 Å². The van der Waals surface area contributed by atoms with Crippen molar-refractivity contribution in [3.05, 3.63) is 0 Å². The Morgan fingerprint density at radius 1 is 1.06 bits per heavy atom. The average Bonchev–Trinajstić information content (AvgIpc) is 2.85. The summed E-state index contributed by atoms with van der Waals surface area (Å²) < 4.78 is 93.0. The van der Waals surface area contributed by atoms with Gasteiger partial charge in [0.05, 0.1) is 13.2 Å². The van der Waals surface area contributed by atoms with Crippen LogP contribution < -0.4 is 0 Å². The van der Waals surface area contributed by atoms with Gasteiger partial charge in [0.15, 0.2) is 0 Å². The van der Waals surface area contributed by atoms with Gasteiger partial charge in [-0.05, 0) is 0 Å². The van der Waals surface area contributed by atoms with Gasteiger partial charge in [0.1, 0.15) is 12.7 Å². The fourth-order valence-electron chi connectivity index (χ4n) is 0.781. The molecule has 0 aliphatic carbocycles. The van der Waals surface area contributed by atoms with Crippen molar-refractivity contribution in [2.45, 2.75) is 24.1 Å². The molecule has 2 nitrogen and oxygen atoms in total. The van der Waals surface area contributed by atoms with Gasteiger partial charge < -0.3 is 9.47 Å². The second-order valence-electron chi connectivity index (χ2n) is 3.25. The first kappa shape index (κ1) is 13.5. The molecule has 0 spiro atoms. The molecular formula is C7H7F7O2. The Labute approximate surface area is 85.3 Å². The van der Waals surface area contributed by atoms with Crippen LogP contribution in [-0.2, 0) is 9.47 Å². The minimum Gasteiger partial charge on any atom is -0.372 e. The molecule has 1 atom stereocenters. The molecule has 0 aromatic rings. The Bertz CT molecular complexity index is 246. The zero-order chi connectivity index (χ0) is 12.6. The van der Waals surface area contributed by atoms with Gasteiger partial charge in [0, 0.05) is 0 Å². The summed E-state index contributed by atoms with van der Waals surface area (Å²) >= 11 is 0. The number of rotatable bonds is 5. The maximum atomic E-state index is 12.5. The lowest BCUT2D eigenvalue weighted by molar-refractivity contribution is -0.361. The molecular weight excluding hydrogens is 249 g/mol. The topological polar surface area (TPSA) is 21.8 Å². The molecule has 96 valence electrons. The minimum absolute atomic E-state index is 0.223. The van der Waals surface area contributed by atoms with Gasteiger partial charge in [-0.15, -0.1) is 0 Å². The molecule has 0 bridgehead atoms. The Hall–Kier alpha value is -0.570. The van der Waals surface area contributed by atoms with Crippen LogP contribution in [0.1, 0.15) is 0 Å². The van der Waals surface area contributed by atoms with Crippen LogP contribution in [-0.4, -0.2) is 43.9 Å². The van der Waals surface area contributed by atoms with E-state index in [1.807, 2.05) is 0 Å². The quantitative estimate of drug-likeness (QED) is 0.555. The zero-order valence-corrected chi connectivity index (χ0v) is 7.66. The maximum absolute atomic E-state index is 12.5. The Morgan fingerprint density at radius 2 is 1.56 bits per heavy atom. The number of epoxide rings is 1. The third-order valence-corrected chi connectivity index (χ3v) is 1.80. The molecule has 0 aromatic heterocycles. The molecule has 0 amide bonds. The fraction of sp³-hybridized carbons (Fsp3) is 1.00. The van der Waals surface area contributed by atoms with E-state index in [0.717, 1.165) is 0 Å². The van der Waals surface area contributed by atoms with Gasteiger partial charge in [0.2, 0.25) is 0 Å². The van der Waals surface area contributed by atoms with E-state index in [1.54, 1.807) is 0 Å². The second-order valence-corrected chi connectivity index (χ2v) is 3.25. The molecule has 0 N–H and O–H groups in total. The number of hydrogen-bond donors (Lipinski definition) is 0. The van der Waals surface area contributed by atoms with Crippen LogP contribution in [0.3, 0.4) is 0 Å². The second kappa shape index (κ2) is 4.02. The molecule has 1 rings (SSSR count). The molecule has 1 unspecified atom stereocenters. The summed E-state index contributed by atoms with van der Waals surface area (Å²) in [6.07, 6.45) is -6.80. The number of hydrogen-bond acceptors (Lipinski definition) is 2. The van der Waals surface area contributed by atoms with E-state index in [9.17, 15) is 30.7 Å². The van der Waals surface area contributed by atoms with Crippen molar-refractivity contribution in [3.63, 3.8) is 0 Å². The summed E-state index contributed by atoms with van der Waals surface area (Å²) in [5.41, 5.74) is 0. The third kappa shape index (κ3) is 2.76. The summed E-state index contributed by atoms with van der Waals surface area (Å²) in [6, 6.07) is 0. The van der Waals surface area contributed by atoms with Crippen molar-refractivity contribution in [2.24, 2.45) is 0 Å². The highest BCUT2D eigenvalue weighted by Gasteiger charge is 2.73. The Kier molecular flexibility index (Phi) is 3.39. The Morgan fingerprint density at radius 3 is 1.94 bits per heavy atom. The molecule has 16 heavy (non-hydrogen) atoms. The van der Waals surface area contributed by atoms with Gasteiger partial charge in [-0.3, -0.25) is 0 Å². The lowest BCUT2D eigenvalue weighted by Gasteiger charge is -2.27. The lowest BCUT2D eigenvalue weighted by atomic mass is 10.2. The summed E-state index contributed by atoms with van der Waals surface area (Å²) in [5, 5.41) is 0. The fourth-order valence-corrected chi connectivity index (χ4v) is 0.781. The highest BCUT2D eigenvalue weighted by Crippen LogP contribution is 2.46. The number of alkyl halides is 7. The SMILES string of the molecule is FC(F)(F)C(F)(F)C(F)(F)COCC1CO1. The Balaban J connectivity index is 2.52. The van der Waals surface area contributed by atoms with Crippen molar-refractivity contribution in [1.82, 2.24) is 0 Å². The summed E-state index contributed by atoms with van der Waals surface area (Å²) in [7, 11) is 0. The van der Waals surface area contributed by atoms with Crippen LogP contribution >= 0.6 is 0 Å². The first-order valence-corrected chi connectivity index (χ1v) is 4.09. The molecule has 1 saturated heterocycles. The largest absolute Gasteiger partial charge is 0.459 e. The van der Waals surface area contributed by atoms with Crippen molar-refractivity contribution in [3.8, 4) is 0 Å². The molecule has 1 fully saturated rings. The van der Waals surface area contributed by atoms with Crippen molar-refractivity contribution < 1.29 is 40.2 Å². The summed E-state index contributed by atoms with van der Waals surface area (Å²) in [4.78, 5) is 0. The highest BCUT2D eigenvalue weighted by molar-refractivity contribution is 4.91. The predicted molar refractivity (Wildman–Crippen MR) is 36.5 cm³/mol. The molecule has 1 aliphatic rings. The van der Waals surface area contributed by atoms with E-state index in [4.69, 9.17) is 0 Å². The lowest BCUT2D eigenvalue weighted by Crippen LogP contribution is -2.54. The van der Waals surface area contributed by atoms with Crippen LogP contribution in [0, 0.1) is 0 Å². The normalized spacial score (nSPS) is 22.3. The molecule has 9 heteroatoms. The molecule has 1 aliphatic heterocycles. The van der Waals surface area contributed by atoms with Crippen molar-refractivity contribution >= 4 is 0 Å². The van der Waals surface area contributed by atoms with Crippen molar-refractivity contribution in [2.75, 3.05) is 19.8 Å². The summed E-state index contributed by atoms with van der Waals surface area (Å²) in [6.45, 7) is -2.20. The van der Waals surface area contributed by atoms with Crippen LogP contribution in [0.25, 0.3) is 0 Å². The highest BCUT2D eigenvalue weighted by atomic mass is 19.4. The number of halogens is 7. The smallest absolute Gasteiger partial charge is 0.372 e. The van der Waals surface area contributed by atoms with E-state index >= 15 is 0 Å². The molecule has 0 aromatic carbocycles. The van der Waals surface area contributed by atoms with Gasteiger partial charge in [-0.2, -0.15) is 30.7 Å². The van der Waals surface area contributed by atoms with Crippen LogP contribution in [0.2, 0.25) is 0 Å². The first-order chi connectivity index (χ1) is 7.08. The first-order valence-electron chi connectivity index (χ1n) is 4.09. The molecule has 0 saturated carbocycles.